The summed E-state index contributed by atoms with van der Waals surface area (Å²) in [7, 11) is 0. The normalized spacial score (nSPS) is 30.8. The van der Waals surface area contributed by atoms with E-state index in [1.165, 1.54) is 6.07 Å². The molecule has 0 bridgehead atoms. The quantitative estimate of drug-likeness (QED) is 0.765. The smallest absolute Gasteiger partial charge is 0.164 e. The molecule has 1 aromatic rings. The molecule has 2 unspecified atom stereocenters. The fraction of sp³-hybridized carbons (Fsp3) is 0.625. The van der Waals surface area contributed by atoms with Crippen LogP contribution >= 0.6 is 23.5 Å². The summed E-state index contributed by atoms with van der Waals surface area (Å²) >= 11 is 3.64. The van der Waals surface area contributed by atoms with Crippen LogP contribution in [0, 0.1) is 23.5 Å². The van der Waals surface area contributed by atoms with Gasteiger partial charge in [0.25, 0.3) is 0 Å². The van der Waals surface area contributed by atoms with E-state index in [1.54, 1.807) is 6.07 Å². The minimum absolute atomic E-state index is 0.285. The fourth-order valence-corrected chi connectivity index (χ4v) is 7.86. The van der Waals surface area contributed by atoms with Crippen LogP contribution in [-0.2, 0) is 15.2 Å². The summed E-state index contributed by atoms with van der Waals surface area (Å²) < 4.78 is 33.6. The van der Waals surface area contributed by atoms with E-state index in [0.717, 1.165) is 49.5 Å². The topological polar surface area (TPSA) is 9.23 Å². The summed E-state index contributed by atoms with van der Waals surface area (Å²) in [4.78, 5) is 0. The van der Waals surface area contributed by atoms with Gasteiger partial charge in [-0.2, -0.15) is 0 Å². The van der Waals surface area contributed by atoms with Gasteiger partial charge in [0, 0.05) is 30.3 Å². The van der Waals surface area contributed by atoms with E-state index in [4.69, 9.17) is 4.74 Å². The van der Waals surface area contributed by atoms with Gasteiger partial charge in [-0.05, 0) is 42.7 Å². The molecule has 0 radical (unpaired) electrons. The highest BCUT2D eigenvalue weighted by Crippen LogP contribution is 2.64. The number of rotatable bonds is 1. The third-order valence-corrected chi connectivity index (χ3v) is 8.59. The Kier molecular flexibility index (Phi) is 3.71. The van der Waals surface area contributed by atoms with Crippen molar-refractivity contribution in [3.05, 3.63) is 34.9 Å². The molecule has 1 aliphatic carbocycles. The second kappa shape index (κ2) is 5.43. The maximum atomic E-state index is 14.5. The number of fused-ring (bicyclic) bond motifs is 2. The summed E-state index contributed by atoms with van der Waals surface area (Å²) in [6, 6.07) is 3.07. The summed E-state index contributed by atoms with van der Waals surface area (Å²) in [5, 5.41) is 0. The molecule has 2 saturated heterocycles. The van der Waals surface area contributed by atoms with Crippen LogP contribution in [0.4, 0.5) is 8.78 Å². The maximum absolute atomic E-state index is 14.5. The third kappa shape index (κ3) is 2.15. The molecule has 3 aliphatic rings. The highest BCUT2D eigenvalue weighted by Gasteiger charge is 2.54. The van der Waals surface area contributed by atoms with E-state index in [0.29, 0.717) is 17.4 Å². The van der Waals surface area contributed by atoms with Crippen LogP contribution in [0.25, 0.3) is 0 Å². The van der Waals surface area contributed by atoms with E-state index in [9.17, 15) is 8.78 Å². The van der Waals surface area contributed by atoms with Crippen LogP contribution in [0.1, 0.15) is 24.0 Å². The summed E-state index contributed by atoms with van der Waals surface area (Å²) in [6.07, 6.45) is 3.09. The van der Waals surface area contributed by atoms with E-state index in [1.807, 2.05) is 23.5 Å². The Morgan fingerprint density at radius 1 is 1.19 bits per heavy atom. The summed E-state index contributed by atoms with van der Waals surface area (Å²) in [5.74, 6) is 1.54. The van der Waals surface area contributed by atoms with E-state index < -0.39 is 11.6 Å². The number of benzene rings is 1. The van der Waals surface area contributed by atoms with Crippen LogP contribution in [0.15, 0.2) is 12.1 Å². The molecule has 2 atom stereocenters. The van der Waals surface area contributed by atoms with Crippen molar-refractivity contribution in [1.82, 2.24) is 0 Å². The monoisotopic (exact) mass is 328 g/mol. The zero-order chi connectivity index (χ0) is 14.4. The molecule has 0 aromatic heterocycles. The lowest BCUT2D eigenvalue weighted by molar-refractivity contribution is 0.0300. The Morgan fingerprint density at radius 3 is 2.71 bits per heavy atom. The highest BCUT2D eigenvalue weighted by molar-refractivity contribution is 8.20. The highest BCUT2D eigenvalue weighted by atomic mass is 32.2. The number of halogens is 2. The third-order valence-electron chi connectivity index (χ3n) is 4.94. The summed E-state index contributed by atoms with van der Waals surface area (Å²) in [6.45, 7) is 1.61. The molecule has 4 rings (SSSR count). The molecule has 0 N–H and O–H groups in total. The minimum atomic E-state index is -0.707. The van der Waals surface area contributed by atoms with E-state index in [2.05, 4.69) is 0 Å². The first-order chi connectivity index (χ1) is 10.2. The molecule has 114 valence electrons. The van der Waals surface area contributed by atoms with Gasteiger partial charge in [0.2, 0.25) is 0 Å². The van der Waals surface area contributed by atoms with Gasteiger partial charge < -0.3 is 4.74 Å². The molecular formula is C16H18F2OS2. The van der Waals surface area contributed by atoms with Crippen molar-refractivity contribution in [2.75, 3.05) is 24.7 Å². The maximum Gasteiger partial charge on any atom is 0.164 e. The van der Waals surface area contributed by atoms with Crippen LogP contribution in [0.5, 0.6) is 0 Å². The second-order valence-electron chi connectivity index (χ2n) is 6.05. The number of thioether (sulfide) groups is 2. The molecule has 2 heterocycles. The molecule has 0 amide bonds. The molecule has 2 fully saturated rings. The zero-order valence-electron chi connectivity index (χ0n) is 11.7. The van der Waals surface area contributed by atoms with Crippen molar-refractivity contribution >= 4 is 23.5 Å². The largest absolute Gasteiger partial charge is 0.381 e. The van der Waals surface area contributed by atoms with Gasteiger partial charge in [-0.1, -0.05) is 6.07 Å². The molecule has 0 saturated carbocycles. The first-order valence-electron chi connectivity index (χ1n) is 7.55. The van der Waals surface area contributed by atoms with Crippen molar-refractivity contribution in [3.8, 4) is 0 Å². The van der Waals surface area contributed by atoms with E-state index >= 15 is 0 Å². The van der Waals surface area contributed by atoms with Gasteiger partial charge in [-0.15, -0.1) is 23.5 Å². The van der Waals surface area contributed by atoms with Crippen molar-refractivity contribution in [3.63, 3.8) is 0 Å². The lowest BCUT2D eigenvalue weighted by Crippen LogP contribution is -2.34. The average molecular weight is 328 g/mol. The SMILES string of the molecule is Fc1ccc2c(c1F)C1(SCCS1)C(C1CCCOC1)C2. The minimum Gasteiger partial charge on any atom is -0.381 e. The van der Waals surface area contributed by atoms with Crippen LogP contribution in [-0.4, -0.2) is 24.7 Å². The number of hydrogen-bond acceptors (Lipinski definition) is 3. The number of ether oxygens (including phenoxy) is 1. The van der Waals surface area contributed by atoms with Gasteiger partial charge in [-0.25, -0.2) is 8.78 Å². The summed E-state index contributed by atoms with van der Waals surface area (Å²) in [5.41, 5.74) is 1.65. The van der Waals surface area contributed by atoms with Crippen molar-refractivity contribution in [2.24, 2.45) is 11.8 Å². The van der Waals surface area contributed by atoms with Crippen LogP contribution in [0.3, 0.4) is 0 Å². The lowest BCUT2D eigenvalue weighted by atomic mass is 9.85. The molecule has 2 aliphatic heterocycles. The first-order valence-corrected chi connectivity index (χ1v) is 9.52. The van der Waals surface area contributed by atoms with Crippen molar-refractivity contribution < 1.29 is 13.5 Å². The van der Waals surface area contributed by atoms with Gasteiger partial charge in [0.15, 0.2) is 11.6 Å². The molecule has 21 heavy (non-hydrogen) atoms. The Hall–Kier alpha value is -0.260. The molecule has 5 heteroatoms. The van der Waals surface area contributed by atoms with Gasteiger partial charge in [0.1, 0.15) is 0 Å². The second-order valence-corrected chi connectivity index (χ2v) is 8.99. The molecule has 1 spiro atoms. The lowest BCUT2D eigenvalue weighted by Gasteiger charge is -2.37. The van der Waals surface area contributed by atoms with Crippen molar-refractivity contribution in [2.45, 2.75) is 23.3 Å². The standard InChI is InChI=1S/C16H18F2OS2/c17-13-4-3-10-8-12(11-2-1-5-19-9-11)16(14(10)15(13)18)20-6-7-21-16/h3-4,11-12H,1-2,5-9H2. The average Bonchev–Trinajstić information content (AvgIpc) is 3.11. The first kappa shape index (κ1) is 14.3. The Morgan fingerprint density at radius 2 is 2.00 bits per heavy atom. The van der Waals surface area contributed by atoms with Gasteiger partial charge >= 0.3 is 0 Å². The fourth-order valence-electron chi connectivity index (χ4n) is 4.04. The van der Waals surface area contributed by atoms with Crippen LogP contribution < -0.4 is 0 Å². The van der Waals surface area contributed by atoms with E-state index in [-0.39, 0.29) is 4.08 Å². The number of hydrogen-bond donors (Lipinski definition) is 0. The Labute approximate surface area is 132 Å². The Balaban J connectivity index is 1.79. The van der Waals surface area contributed by atoms with Gasteiger partial charge in [-0.3, -0.25) is 0 Å². The Bertz CT molecular complexity index is 551. The predicted molar refractivity (Wildman–Crippen MR) is 83.7 cm³/mol. The predicted octanol–water partition coefficient (Wildman–Crippen LogP) is 4.20. The molecule has 1 aromatic carbocycles. The molecular weight excluding hydrogens is 310 g/mol. The zero-order valence-corrected chi connectivity index (χ0v) is 13.4. The van der Waals surface area contributed by atoms with Gasteiger partial charge in [0.05, 0.1) is 4.08 Å². The van der Waals surface area contributed by atoms with Crippen molar-refractivity contribution in [1.29, 1.82) is 0 Å². The molecule has 1 nitrogen and oxygen atoms in total. The van der Waals surface area contributed by atoms with Crippen LogP contribution in [0.2, 0.25) is 0 Å².